The van der Waals surface area contributed by atoms with Crippen LogP contribution in [0.3, 0.4) is 0 Å². The van der Waals surface area contributed by atoms with Gasteiger partial charge in [0.1, 0.15) is 18.2 Å². The molecule has 9 heteroatoms. The van der Waals surface area contributed by atoms with E-state index in [0.29, 0.717) is 30.7 Å². The summed E-state index contributed by atoms with van der Waals surface area (Å²) in [7, 11) is 0. The normalized spacial score (nSPS) is 14.9. The van der Waals surface area contributed by atoms with Gasteiger partial charge in [-0.25, -0.2) is 4.39 Å². The largest absolute Gasteiger partial charge is 0.488 e. The topological polar surface area (TPSA) is 46.6 Å². The van der Waals surface area contributed by atoms with Crippen molar-refractivity contribution in [3.05, 3.63) is 103 Å². The van der Waals surface area contributed by atoms with E-state index in [1.165, 1.54) is 12.1 Å². The van der Waals surface area contributed by atoms with Gasteiger partial charge in [0.05, 0.1) is 15.9 Å². The molecule has 1 aliphatic rings. The van der Waals surface area contributed by atoms with Crippen molar-refractivity contribution in [1.29, 1.82) is 0 Å². The van der Waals surface area contributed by atoms with Crippen molar-refractivity contribution < 1.29 is 18.7 Å². The van der Waals surface area contributed by atoms with Gasteiger partial charge in [-0.15, -0.1) is 0 Å². The van der Waals surface area contributed by atoms with Crippen LogP contribution in [0, 0.1) is 5.82 Å². The van der Waals surface area contributed by atoms with Gasteiger partial charge in [0, 0.05) is 10.0 Å². The van der Waals surface area contributed by atoms with Crippen LogP contribution in [-0.2, 0) is 17.9 Å². The number of hydrogen-bond donors (Lipinski definition) is 0. The van der Waals surface area contributed by atoms with Crippen molar-refractivity contribution in [3.8, 4) is 5.75 Å². The van der Waals surface area contributed by atoms with Crippen molar-refractivity contribution in [2.45, 2.75) is 13.2 Å². The molecule has 0 radical (unpaired) electrons. The molecule has 0 aliphatic carbocycles. The van der Waals surface area contributed by atoms with E-state index in [0.717, 1.165) is 27.8 Å². The predicted octanol–water partition coefficient (Wildman–Crippen LogP) is 7.71. The highest BCUT2D eigenvalue weighted by Gasteiger charge is 2.35. The molecule has 0 spiro atoms. The Bertz CT molecular complexity index is 1270. The van der Waals surface area contributed by atoms with Crippen LogP contribution in [0.5, 0.6) is 5.75 Å². The van der Waals surface area contributed by atoms with Gasteiger partial charge in [-0.2, -0.15) is 0 Å². The molecule has 4 nitrogen and oxygen atoms in total. The van der Waals surface area contributed by atoms with Gasteiger partial charge in [-0.3, -0.25) is 14.5 Å². The van der Waals surface area contributed by atoms with Gasteiger partial charge < -0.3 is 4.74 Å². The Morgan fingerprint density at radius 1 is 1.03 bits per heavy atom. The van der Waals surface area contributed by atoms with Crippen LogP contribution in [0.1, 0.15) is 16.7 Å². The van der Waals surface area contributed by atoms with Crippen LogP contribution in [0.15, 0.2) is 70.0 Å². The van der Waals surface area contributed by atoms with Gasteiger partial charge in [-0.1, -0.05) is 47.5 Å². The molecular weight excluding hydrogens is 552 g/mol. The molecule has 168 valence electrons. The molecule has 0 atom stereocenters. The first-order valence-corrected chi connectivity index (χ1v) is 12.0. The van der Waals surface area contributed by atoms with Gasteiger partial charge >= 0.3 is 0 Å². The first kappa shape index (κ1) is 23.8. The number of carbonyl (C=O) groups is 2. The number of halogens is 4. The Morgan fingerprint density at radius 3 is 2.48 bits per heavy atom. The molecule has 2 amide bonds. The number of ether oxygens (including phenoxy) is 1. The van der Waals surface area contributed by atoms with E-state index in [9.17, 15) is 14.0 Å². The number of rotatable bonds is 6. The van der Waals surface area contributed by atoms with Crippen molar-refractivity contribution >= 4 is 68.1 Å². The lowest BCUT2D eigenvalue weighted by molar-refractivity contribution is -0.123. The fourth-order valence-electron chi connectivity index (χ4n) is 3.07. The van der Waals surface area contributed by atoms with E-state index >= 15 is 0 Å². The summed E-state index contributed by atoms with van der Waals surface area (Å²) in [6.45, 7) is 0.349. The van der Waals surface area contributed by atoms with E-state index in [1.807, 2.05) is 0 Å². The molecule has 0 unspecified atom stereocenters. The monoisotopic (exact) mass is 565 g/mol. The van der Waals surface area contributed by atoms with Gasteiger partial charge in [0.25, 0.3) is 11.1 Å². The highest BCUT2D eigenvalue weighted by molar-refractivity contribution is 9.10. The molecule has 1 saturated heterocycles. The van der Waals surface area contributed by atoms with Gasteiger partial charge in [0.2, 0.25) is 0 Å². The lowest BCUT2D eigenvalue weighted by atomic mass is 10.2. The second-order valence-electron chi connectivity index (χ2n) is 7.11. The molecule has 0 aromatic heterocycles. The maximum absolute atomic E-state index is 13.0. The van der Waals surface area contributed by atoms with Crippen LogP contribution < -0.4 is 4.74 Å². The summed E-state index contributed by atoms with van der Waals surface area (Å²) in [6, 6.07) is 16.3. The number of nitrogens with zero attached hydrogens (tertiary/aromatic N) is 1. The van der Waals surface area contributed by atoms with Crippen LogP contribution in [0.2, 0.25) is 10.0 Å². The molecular formula is C24H15BrCl2FNO3S. The Balaban J connectivity index is 1.45. The zero-order chi connectivity index (χ0) is 23.5. The summed E-state index contributed by atoms with van der Waals surface area (Å²) in [5, 5.41) is 0.509. The van der Waals surface area contributed by atoms with Crippen LogP contribution in [-0.4, -0.2) is 16.0 Å². The third-order valence-electron chi connectivity index (χ3n) is 4.78. The second kappa shape index (κ2) is 10.3. The molecule has 1 fully saturated rings. The Kier molecular flexibility index (Phi) is 7.44. The molecule has 1 aliphatic heterocycles. The zero-order valence-electron chi connectivity index (χ0n) is 16.9. The Hall–Kier alpha value is -2.32. The summed E-state index contributed by atoms with van der Waals surface area (Å²) in [6.07, 6.45) is 1.66. The maximum Gasteiger partial charge on any atom is 0.293 e. The second-order valence-corrected chi connectivity index (χ2v) is 9.80. The first-order valence-electron chi connectivity index (χ1n) is 9.66. The summed E-state index contributed by atoms with van der Waals surface area (Å²) in [5.41, 5.74) is 2.20. The minimum absolute atomic E-state index is 0.0673. The van der Waals surface area contributed by atoms with E-state index < -0.39 is 0 Å². The number of hydrogen-bond acceptors (Lipinski definition) is 4. The average molecular weight is 567 g/mol. The van der Waals surface area contributed by atoms with Crippen LogP contribution in [0.25, 0.3) is 6.08 Å². The summed E-state index contributed by atoms with van der Waals surface area (Å²) in [4.78, 5) is 26.7. The molecule has 0 N–H and O–H groups in total. The van der Waals surface area contributed by atoms with Gasteiger partial charge in [-0.05, 0) is 86.9 Å². The zero-order valence-corrected chi connectivity index (χ0v) is 20.8. The first-order chi connectivity index (χ1) is 15.8. The maximum atomic E-state index is 13.0. The average Bonchev–Trinajstić information content (AvgIpc) is 3.03. The minimum atomic E-state index is -0.385. The molecule has 1 heterocycles. The fraction of sp³-hybridized carbons (Fsp3) is 0.0833. The third kappa shape index (κ3) is 5.79. The number of carbonyl (C=O) groups excluding carboxylic acids is 2. The fourth-order valence-corrected chi connectivity index (χ4v) is 4.89. The van der Waals surface area contributed by atoms with E-state index in [4.69, 9.17) is 27.9 Å². The Morgan fingerprint density at radius 2 is 1.79 bits per heavy atom. The molecule has 3 aromatic rings. The number of imide groups is 1. The number of benzene rings is 3. The lowest BCUT2D eigenvalue weighted by Gasteiger charge is -2.13. The molecule has 4 rings (SSSR count). The third-order valence-corrected chi connectivity index (χ3v) is 6.89. The van der Waals surface area contributed by atoms with Crippen molar-refractivity contribution in [3.63, 3.8) is 0 Å². The molecule has 3 aromatic carbocycles. The van der Waals surface area contributed by atoms with E-state index in [1.54, 1.807) is 54.6 Å². The summed E-state index contributed by atoms with van der Waals surface area (Å²) >= 11 is 16.4. The minimum Gasteiger partial charge on any atom is -0.488 e. The standard InChI is InChI=1S/C24H15BrCl2FNO3S/c25-19-9-15(3-8-21(19)32-13-14-1-6-18(28)7-2-14)10-22-23(30)29(24(31)33-22)12-16-4-5-17(26)11-20(16)27/h1-11H,12-13H2/b22-10-. The molecule has 0 saturated carbocycles. The van der Waals surface area contributed by atoms with Crippen LogP contribution >= 0.6 is 50.9 Å². The highest BCUT2D eigenvalue weighted by Crippen LogP contribution is 2.35. The number of thioether (sulfide) groups is 1. The van der Waals surface area contributed by atoms with Crippen LogP contribution in [0.4, 0.5) is 9.18 Å². The van der Waals surface area contributed by atoms with E-state index in [2.05, 4.69) is 15.9 Å². The SMILES string of the molecule is O=C1S/C(=C\c2ccc(OCc3ccc(F)cc3)c(Br)c2)C(=O)N1Cc1ccc(Cl)cc1Cl. The van der Waals surface area contributed by atoms with Gasteiger partial charge in [0.15, 0.2) is 0 Å². The smallest absolute Gasteiger partial charge is 0.293 e. The Labute approximate surface area is 212 Å². The van der Waals surface area contributed by atoms with Crippen molar-refractivity contribution in [2.24, 2.45) is 0 Å². The highest BCUT2D eigenvalue weighted by atomic mass is 79.9. The van der Waals surface area contributed by atoms with E-state index in [-0.39, 0.29) is 30.1 Å². The molecule has 33 heavy (non-hydrogen) atoms. The lowest BCUT2D eigenvalue weighted by Crippen LogP contribution is -2.27. The predicted molar refractivity (Wildman–Crippen MR) is 133 cm³/mol. The van der Waals surface area contributed by atoms with Crippen molar-refractivity contribution in [1.82, 2.24) is 4.90 Å². The summed E-state index contributed by atoms with van der Waals surface area (Å²) in [5.74, 6) is -0.0873. The summed E-state index contributed by atoms with van der Waals surface area (Å²) < 4.78 is 19.5. The molecule has 0 bridgehead atoms. The quantitative estimate of drug-likeness (QED) is 0.287. The number of amides is 2. The van der Waals surface area contributed by atoms with Crippen molar-refractivity contribution in [2.75, 3.05) is 0 Å².